The molecule has 130 valence electrons. The van der Waals surface area contributed by atoms with E-state index in [1.54, 1.807) is 6.07 Å². The van der Waals surface area contributed by atoms with Crippen molar-refractivity contribution in [1.82, 2.24) is 0 Å². The van der Waals surface area contributed by atoms with Gasteiger partial charge in [-0.2, -0.15) is 8.42 Å². The lowest BCUT2D eigenvalue weighted by atomic mass is 10.1. The van der Waals surface area contributed by atoms with E-state index >= 15 is 0 Å². The molecule has 0 saturated heterocycles. The number of rotatable bonds is 8. The fraction of sp³-hybridized carbons (Fsp3) is 0.333. The van der Waals surface area contributed by atoms with Crippen LogP contribution in [0.2, 0.25) is 0 Å². The van der Waals surface area contributed by atoms with Crippen molar-refractivity contribution in [3.8, 4) is 17.2 Å². The van der Waals surface area contributed by atoms with Crippen molar-refractivity contribution in [2.75, 3.05) is 0 Å². The van der Waals surface area contributed by atoms with Gasteiger partial charge in [0, 0.05) is 0 Å². The number of phenols is 1. The van der Waals surface area contributed by atoms with Gasteiger partial charge in [0.1, 0.15) is 11.5 Å². The molecule has 0 fully saturated rings. The highest BCUT2D eigenvalue weighted by atomic mass is 32.2. The summed E-state index contributed by atoms with van der Waals surface area (Å²) in [6.45, 7) is 2.16. The monoisotopic (exact) mass is 350 g/mol. The molecule has 0 spiro atoms. The van der Waals surface area contributed by atoms with Crippen LogP contribution in [0.3, 0.4) is 0 Å². The summed E-state index contributed by atoms with van der Waals surface area (Å²) in [6, 6.07) is 11.4. The average Bonchev–Trinajstić information content (AvgIpc) is 2.51. The van der Waals surface area contributed by atoms with Gasteiger partial charge in [-0.1, -0.05) is 44.4 Å². The maximum atomic E-state index is 11.5. The summed E-state index contributed by atoms with van der Waals surface area (Å²) in [5.74, 6) is -0.204. The Morgan fingerprint density at radius 1 is 1.04 bits per heavy atom. The molecule has 0 unspecified atom stereocenters. The zero-order valence-electron chi connectivity index (χ0n) is 13.6. The Morgan fingerprint density at radius 3 is 2.50 bits per heavy atom. The van der Waals surface area contributed by atoms with Crippen LogP contribution in [0.5, 0.6) is 17.2 Å². The second-order valence-corrected chi connectivity index (χ2v) is 7.00. The minimum Gasteiger partial charge on any atom is -0.506 e. The first kappa shape index (κ1) is 18.3. The fourth-order valence-corrected chi connectivity index (χ4v) is 3.19. The lowest BCUT2D eigenvalue weighted by Crippen LogP contribution is -2.01. The summed E-state index contributed by atoms with van der Waals surface area (Å²) in [4.78, 5) is -0.627. The summed E-state index contributed by atoms with van der Waals surface area (Å²) in [6.07, 6.45) is 5.55. The van der Waals surface area contributed by atoms with Gasteiger partial charge >= 0.3 is 10.1 Å². The topological polar surface area (TPSA) is 83.8 Å². The van der Waals surface area contributed by atoms with E-state index in [-0.39, 0.29) is 5.75 Å². The van der Waals surface area contributed by atoms with Crippen molar-refractivity contribution < 1.29 is 22.8 Å². The van der Waals surface area contributed by atoms with Crippen LogP contribution >= 0.6 is 0 Å². The molecule has 0 saturated carbocycles. The van der Waals surface area contributed by atoms with Crippen LogP contribution in [0.1, 0.15) is 38.2 Å². The lowest BCUT2D eigenvalue weighted by Gasteiger charge is -2.11. The SMILES string of the molecule is CCCCCCc1cccc(Oc2cccc(O)c2S(=O)(=O)O)c1. The predicted octanol–water partition coefficient (Wildman–Crippen LogP) is 4.55. The molecule has 5 nitrogen and oxygen atoms in total. The van der Waals surface area contributed by atoms with Gasteiger partial charge in [-0.3, -0.25) is 4.55 Å². The molecule has 0 bridgehead atoms. The standard InChI is InChI=1S/C18H22O5S/c1-2-3-4-5-8-14-9-6-10-15(13-14)23-17-12-7-11-16(19)18(17)24(20,21)22/h6-7,9-13,19H,2-5,8H2,1H3,(H,20,21,22). The third-order valence-electron chi connectivity index (χ3n) is 3.66. The molecular weight excluding hydrogens is 328 g/mol. The van der Waals surface area contributed by atoms with E-state index in [0.717, 1.165) is 18.4 Å². The van der Waals surface area contributed by atoms with E-state index in [0.29, 0.717) is 5.75 Å². The van der Waals surface area contributed by atoms with Gasteiger partial charge in [0.15, 0.2) is 10.6 Å². The van der Waals surface area contributed by atoms with E-state index in [9.17, 15) is 18.1 Å². The maximum absolute atomic E-state index is 11.5. The fourth-order valence-electron chi connectivity index (χ4n) is 2.49. The Balaban J connectivity index is 2.19. The summed E-state index contributed by atoms with van der Waals surface area (Å²) in [5, 5.41) is 9.71. The summed E-state index contributed by atoms with van der Waals surface area (Å²) in [7, 11) is -4.59. The van der Waals surface area contributed by atoms with Crippen LogP contribution < -0.4 is 4.74 Å². The van der Waals surface area contributed by atoms with E-state index in [2.05, 4.69) is 6.92 Å². The first-order chi connectivity index (χ1) is 11.4. The van der Waals surface area contributed by atoms with Crippen LogP contribution in [-0.4, -0.2) is 18.1 Å². The number of hydrogen-bond donors (Lipinski definition) is 2. The minimum atomic E-state index is -4.59. The number of aromatic hydroxyl groups is 1. The zero-order chi connectivity index (χ0) is 17.6. The van der Waals surface area contributed by atoms with Crippen molar-refractivity contribution in [3.05, 3.63) is 48.0 Å². The number of ether oxygens (including phenoxy) is 1. The zero-order valence-corrected chi connectivity index (χ0v) is 14.4. The highest BCUT2D eigenvalue weighted by Crippen LogP contribution is 2.35. The molecule has 0 aliphatic heterocycles. The highest BCUT2D eigenvalue weighted by molar-refractivity contribution is 7.86. The Bertz CT molecular complexity index is 784. The summed E-state index contributed by atoms with van der Waals surface area (Å²) in [5.41, 5.74) is 1.09. The smallest absolute Gasteiger partial charge is 0.301 e. The van der Waals surface area contributed by atoms with Crippen LogP contribution in [-0.2, 0) is 16.5 Å². The molecule has 0 heterocycles. The van der Waals surface area contributed by atoms with Gasteiger partial charge in [0.25, 0.3) is 0 Å². The molecular formula is C18H22O5S. The molecule has 0 radical (unpaired) electrons. The number of phenolic OH excluding ortho intramolecular Hbond substituents is 1. The summed E-state index contributed by atoms with van der Waals surface area (Å²) < 4.78 is 37.8. The molecule has 0 aliphatic rings. The second kappa shape index (κ2) is 8.17. The van der Waals surface area contributed by atoms with Gasteiger partial charge < -0.3 is 9.84 Å². The lowest BCUT2D eigenvalue weighted by molar-refractivity contribution is 0.415. The normalized spacial score (nSPS) is 11.4. The molecule has 0 amide bonds. The quantitative estimate of drug-likeness (QED) is 0.539. The maximum Gasteiger partial charge on any atom is 0.301 e. The molecule has 2 aromatic rings. The van der Waals surface area contributed by atoms with Crippen LogP contribution in [0.4, 0.5) is 0 Å². The van der Waals surface area contributed by atoms with E-state index < -0.39 is 20.8 Å². The van der Waals surface area contributed by atoms with Gasteiger partial charge in [-0.05, 0) is 42.7 Å². The minimum absolute atomic E-state index is 0.111. The molecule has 0 aromatic heterocycles. The highest BCUT2D eigenvalue weighted by Gasteiger charge is 2.22. The van der Waals surface area contributed by atoms with Crippen molar-refractivity contribution >= 4 is 10.1 Å². The van der Waals surface area contributed by atoms with Crippen molar-refractivity contribution in [1.29, 1.82) is 0 Å². The van der Waals surface area contributed by atoms with Crippen molar-refractivity contribution in [3.63, 3.8) is 0 Å². The number of aryl methyl sites for hydroxylation is 1. The van der Waals surface area contributed by atoms with Gasteiger partial charge in [0.2, 0.25) is 0 Å². The van der Waals surface area contributed by atoms with Crippen LogP contribution in [0.15, 0.2) is 47.4 Å². The van der Waals surface area contributed by atoms with Gasteiger partial charge in [-0.25, -0.2) is 0 Å². The first-order valence-electron chi connectivity index (χ1n) is 7.98. The Kier molecular flexibility index (Phi) is 6.23. The average molecular weight is 350 g/mol. The Hall–Kier alpha value is -2.05. The van der Waals surface area contributed by atoms with Crippen molar-refractivity contribution in [2.24, 2.45) is 0 Å². The van der Waals surface area contributed by atoms with E-state index in [1.807, 2.05) is 18.2 Å². The number of benzene rings is 2. The third kappa shape index (κ3) is 4.97. The first-order valence-corrected chi connectivity index (χ1v) is 9.42. The largest absolute Gasteiger partial charge is 0.506 e. The molecule has 0 aliphatic carbocycles. The van der Waals surface area contributed by atoms with E-state index in [4.69, 9.17) is 4.74 Å². The molecule has 24 heavy (non-hydrogen) atoms. The Morgan fingerprint density at radius 2 is 1.79 bits per heavy atom. The Labute approximate surface area is 142 Å². The van der Waals surface area contributed by atoms with Crippen LogP contribution in [0, 0.1) is 0 Å². The molecule has 2 N–H and O–H groups in total. The van der Waals surface area contributed by atoms with Gasteiger partial charge in [-0.15, -0.1) is 0 Å². The number of unbranched alkanes of at least 4 members (excludes halogenated alkanes) is 3. The molecule has 0 atom stereocenters. The van der Waals surface area contributed by atoms with Crippen LogP contribution in [0.25, 0.3) is 0 Å². The van der Waals surface area contributed by atoms with Crippen molar-refractivity contribution in [2.45, 2.75) is 43.9 Å². The predicted molar refractivity (Wildman–Crippen MR) is 92.3 cm³/mol. The molecule has 2 rings (SSSR count). The third-order valence-corrected chi connectivity index (χ3v) is 4.59. The molecule has 6 heteroatoms. The number of hydrogen-bond acceptors (Lipinski definition) is 4. The summed E-state index contributed by atoms with van der Waals surface area (Å²) >= 11 is 0. The second-order valence-electron chi connectivity index (χ2n) is 5.64. The van der Waals surface area contributed by atoms with Gasteiger partial charge in [0.05, 0.1) is 0 Å². The molecule has 2 aromatic carbocycles. The van der Waals surface area contributed by atoms with E-state index in [1.165, 1.54) is 37.5 Å².